The van der Waals surface area contributed by atoms with Crippen LogP contribution in [0.2, 0.25) is 0 Å². The molecule has 23 heavy (non-hydrogen) atoms. The van der Waals surface area contributed by atoms with E-state index in [2.05, 4.69) is 26.0 Å². The van der Waals surface area contributed by atoms with Crippen LogP contribution < -0.4 is 9.47 Å². The molecule has 0 atom stereocenters. The zero-order valence-electron chi connectivity index (χ0n) is 14.9. The maximum atomic E-state index is 5.96. The van der Waals surface area contributed by atoms with Gasteiger partial charge in [-0.3, -0.25) is 0 Å². The minimum absolute atomic E-state index is 0.585. The first-order valence-electron chi connectivity index (χ1n) is 8.22. The highest BCUT2D eigenvalue weighted by Crippen LogP contribution is 2.29. The summed E-state index contributed by atoms with van der Waals surface area (Å²) in [5.74, 6) is 1.83. The molecule has 0 bridgehead atoms. The van der Waals surface area contributed by atoms with Crippen LogP contribution in [0.1, 0.15) is 37.5 Å². The van der Waals surface area contributed by atoms with E-state index < -0.39 is 0 Å². The summed E-state index contributed by atoms with van der Waals surface area (Å²) in [6, 6.07) is 14.2. The zero-order chi connectivity index (χ0) is 17.1. The van der Waals surface area contributed by atoms with E-state index in [0.717, 1.165) is 22.6 Å². The summed E-state index contributed by atoms with van der Waals surface area (Å²) in [7, 11) is 0. The van der Waals surface area contributed by atoms with Crippen molar-refractivity contribution in [3.63, 3.8) is 0 Å². The van der Waals surface area contributed by atoms with Crippen LogP contribution >= 0.6 is 0 Å². The lowest BCUT2D eigenvalue weighted by Gasteiger charge is -2.14. The molecular formula is C21H28O2. The van der Waals surface area contributed by atoms with Crippen LogP contribution in [0.25, 0.3) is 0 Å². The third kappa shape index (κ3) is 6.19. The van der Waals surface area contributed by atoms with Crippen LogP contribution in [0.5, 0.6) is 11.5 Å². The fourth-order valence-corrected chi connectivity index (χ4v) is 2.19. The summed E-state index contributed by atoms with van der Waals surface area (Å²) in [6.07, 6.45) is 3.97. The van der Waals surface area contributed by atoms with Gasteiger partial charge < -0.3 is 9.47 Å². The highest BCUT2D eigenvalue weighted by Gasteiger charge is 2.07. The smallest absolute Gasteiger partial charge is 0.125 e. The molecule has 0 N–H and O–H groups in total. The van der Waals surface area contributed by atoms with Crippen LogP contribution in [0, 0.1) is 13.8 Å². The molecule has 0 amide bonds. The Morgan fingerprint density at radius 2 is 1.52 bits per heavy atom. The molecule has 0 aliphatic rings. The predicted octanol–water partition coefficient (Wildman–Crippen LogP) is 5.86. The zero-order valence-corrected chi connectivity index (χ0v) is 14.9. The van der Waals surface area contributed by atoms with Crippen LogP contribution in [-0.2, 0) is 6.61 Å². The standard InChI is InChI=1S/C19H22O2.C2H6/c1-4-5-11-20-18-12-15(2)19(16(3)13-18)21-14-17-9-7-6-8-10-17;1-2/h4-10,12-13H,11,14H2,1-3H3;1-2H3/b5-4+;. The molecular weight excluding hydrogens is 284 g/mol. The van der Waals surface area contributed by atoms with Gasteiger partial charge in [0.05, 0.1) is 0 Å². The van der Waals surface area contributed by atoms with Gasteiger partial charge in [0.1, 0.15) is 24.7 Å². The van der Waals surface area contributed by atoms with Gasteiger partial charge in [-0.1, -0.05) is 56.3 Å². The fourth-order valence-electron chi connectivity index (χ4n) is 2.19. The van der Waals surface area contributed by atoms with Crippen molar-refractivity contribution >= 4 is 0 Å². The first-order valence-corrected chi connectivity index (χ1v) is 8.22. The first kappa shape index (κ1) is 18.8. The average Bonchev–Trinajstić information content (AvgIpc) is 2.57. The lowest BCUT2D eigenvalue weighted by Crippen LogP contribution is -2.00. The fraction of sp³-hybridized carbons (Fsp3) is 0.333. The highest BCUT2D eigenvalue weighted by molar-refractivity contribution is 5.46. The van der Waals surface area contributed by atoms with Gasteiger partial charge in [0.15, 0.2) is 0 Å². The van der Waals surface area contributed by atoms with Gasteiger partial charge in [0.2, 0.25) is 0 Å². The quantitative estimate of drug-likeness (QED) is 0.622. The maximum absolute atomic E-state index is 5.96. The van der Waals surface area contributed by atoms with Crippen LogP contribution in [-0.4, -0.2) is 6.61 Å². The molecule has 2 rings (SSSR count). The number of hydrogen-bond donors (Lipinski definition) is 0. The van der Waals surface area contributed by atoms with E-state index in [1.807, 2.05) is 63.3 Å². The normalized spacial score (nSPS) is 10.1. The number of hydrogen-bond acceptors (Lipinski definition) is 2. The molecule has 0 fully saturated rings. The number of benzene rings is 2. The lowest BCUT2D eigenvalue weighted by molar-refractivity contribution is 0.300. The minimum atomic E-state index is 0.585. The first-order chi connectivity index (χ1) is 11.2. The third-order valence-electron chi connectivity index (χ3n) is 3.24. The summed E-state index contributed by atoms with van der Waals surface area (Å²) >= 11 is 0. The molecule has 2 aromatic carbocycles. The van der Waals surface area contributed by atoms with E-state index in [0.29, 0.717) is 13.2 Å². The Kier molecular flexibility index (Phi) is 8.59. The van der Waals surface area contributed by atoms with Crippen molar-refractivity contribution in [2.75, 3.05) is 6.61 Å². The summed E-state index contributed by atoms with van der Waals surface area (Å²) < 4.78 is 11.6. The number of rotatable bonds is 6. The Morgan fingerprint density at radius 3 is 2.09 bits per heavy atom. The van der Waals surface area contributed by atoms with E-state index in [1.54, 1.807) is 0 Å². The van der Waals surface area contributed by atoms with E-state index in [1.165, 1.54) is 5.56 Å². The third-order valence-corrected chi connectivity index (χ3v) is 3.24. The topological polar surface area (TPSA) is 18.5 Å². The van der Waals surface area contributed by atoms with Gasteiger partial charge in [0, 0.05) is 0 Å². The SMILES string of the molecule is C/C=C/COc1cc(C)c(OCc2ccccc2)c(C)c1.CC. The van der Waals surface area contributed by atoms with Gasteiger partial charge >= 0.3 is 0 Å². The monoisotopic (exact) mass is 312 g/mol. The van der Waals surface area contributed by atoms with Gasteiger partial charge in [-0.05, 0) is 49.6 Å². The van der Waals surface area contributed by atoms with E-state index in [9.17, 15) is 0 Å². The lowest BCUT2D eigenvalue weighted by atomic mass is 10.1. The van der Waals surface area contributed by atoms with Crippen molar-refractivity contribution in [3.05, 3.63) is 71.3 Å². The number of aryl methyl sites for hydroxylation is 2. The van der Waals surface area contributed by atoms with Gasteiger partial charge in [-0.25, -0.2) is 0 Å². The molecule has 2 nitrogen and oxygen atoms in total. The number of allylic oxidation sites excluding steroid dienone is 1. The second kappa shape index (κ2) is 10.5. The predicted molar refractivity (Wildman–Crippen MR) is 98.3 cm³/mol. The molecule has 0 radical (unpaired) electrons. The number of ether oxygens (including phenoxy) is 2. The molecule has 0 spiro atoms. The van der Waals surface area contributed by atoms with Crippen molar-refractivity contribution < 1.29 is 9.47 Å². The van der Waals surface area contributed by atoms with Gasteiger partial charge in [-0.15, -0.1) is 0 Å². The van der Waals surface area contributed by atoms with Crippen LogP contribution in [0.15, 0.2) is 54.6 Å². The molecule has 124 valence electrons. The highest BCUT2D eigenvalue weighted by atomic mass is 16.5. The minimum Gasteiger partial charge on any atom is -0.490 e. The van der Waals surface area contributed by atoms with E-state index in [-0.39, 0.29) is 0 Å². The van der Waals surface area contributed by atoms with Gasteiger partial charge in [0.25, 0.3) is 0 Å². The van der Waals surface area contributed by atoms with Crippen molar-refractivity contribution in [2.45, 2.75) is 41.2 Å². The molecule has 0 unspecified atom stereocenters. The van der Waals surface area contributed by atoms with Crippen LogP contribution in [0.4, 0.5) is 0 Å². The Labute approximate surface area is 140 Å². The summed E-state index contributed by atoms with van der Waals surface area (Å²) in [4.78, 5) is 0. The molecule has 0 aliphatic carbocycles. The van der Waals surface area contributed by atoms with E-state index in [4.69, 9.17) is 9.47 Å². The van der Waals surface area contributed by atoms with Crippen molar-refractivity contribution in [3.8, 4) is 11.5 Å². The maximum Gasteiger partial charge on any atom is 0.125 e. The molecule has 2 heteroatoms. The Hall–Kier alpha value is -2.22. The molecule has 0 heterocycles. The van der Waals surface area contributed by atoms with Crippen molar-refractivity contribution in [1.82, 2.24) is 0 Å². The Bertz CT molecular complexity index is 577. The van der Waals surface area contributed by atoms with E-state index >= 15 is 0 Å². The summed E-state index contributed by atoms with van der Waals surface area (Å²) in [6.45, 7) is 11.3. The molecule has 0 aromatic heterocycles. The molecule has 0 saturated heterocycles. The summed E-state index contributed by atoms with van der Waals surface area (Å²) in [5.41, 5.74) is 3.37. The Morgan fingerprint density at radius 1 is 0.913 bits per heavy atom. The molecule has 0 saturated carbocycles. The average molecular weight is 312 g/mol. The van der Waals surface area contributed by atoms with Crippen molar-refractivity contribution in [1.29, 1.82) is 0 Å². The Balaban J connectivity index is 0.00000127. The second-order valence-electron chi connectivity index (χ2n) is 5.04. The van der Waals surface area contributed by atoms with Crippen LogP contribution in [0.3, 0.4) is 0 Å². The largest absolute Gasteiger partial charge is 0.490 e. The molecule has 2 aromatic rings. The summed E-state index contributed by atoms with van der Waals surface area (Å²) in [5, 5.41) is 0. The van der Waals surface area contributed by atoms with Gasteiger partial charge in [-0.2, -0.15) is 0 Å². The molecule has 0 aliphatic heterocycles. The second-order valence-corrected chi connectivity index (χ2v) is 5.04. The van der Waals surface area contributed by atoms with Crippen molar-refractivity contribution in [2.24, 2.45) is 0 Å².